The Kier molecular flexibility index (Phi) is 7.09. The second-order valence-electron chi connectivity index (χ2n) is 2.92. The van der Waals surface area contributed by atoms with Gasteiger partial charge in [0, 0.05) is 6.04 Å². The van der Waals surface area contributed by atoms with Crippen LogP contribution in [0.5, 0.6) is 0 Å². The number of hydrogen-bond donors (Lipinski definition) is 2. The lowest BCUT2D eigenvalue weighted by Gasteiger charge is -2.09. The summed E-state index contributed by atoms with van der Waals surface area (Å²) in [5.74, 6) is 0. The zero-order chi connectivity index (χ0) is 9.68. The smallest absolute Gasteiger partial charge is 0.106 e. The number of rotatable bonds is 4. The third-order valence-electron chi connectivity index (χ3n) is 1.84. The van der Waals surface area contributed by atoms with E-state index in [1.54, 1.807) is 0 Å². The van der Waals surface area contributed by atoms with Crippen LogP contribution in [-0.2, 0) is 0 Å². The predicted molar refractivity (Wildman–Crippen MR) is 64.4 cm³/mol. The summed E-state index contributed by atoms with van der Waals surface area (Å²) in [6, 6.07) is 5.76. The summed E-state index contributed by atoms with van der Waals surface area (Å²) in [4.78, 5) is 4.28. The van der Waals surface area contributed by atoms with Crippen LogP contribution in [0.1, 0.15) is 24.6 Å². The monoisotopic (exact) mass is 279 g/mol. The maximum Gasteiger partial charge on any atom is 0.106 e. The van der Waals surface area contributed by atoms with Gasteiger partial charge in [-0.25, -0.2) is 4.98 Å². The highest BCUT2D eigenvalue weighted by Crippen LogP contribution is 2.15. The fraction of sp³-hybridized carbons (Fsp3) is 0.444. The summed E-state index contributed by atoms with van der Waals surface area (Å²) in [7, 11) is 0. The molecule has 0 saturated heterocycles. The van der Waals surface area contributed by atoms with Crippen LogP contribution >= 0.6 is 28.3 Å². The molecule has 0 spiro atoms. The van der Waals surface area contributed by atoms with Crippen LogP contribution in [0, 0.1) is 0 Å². The van der Waals surface area contributed by atoms with E-state index in [0.717, 1.165) is 23.1 Å². The summed E-state index contributed by atoms with van der Waals surface area (Å²) < 4.78 is 0.827. The van der Waals surface area contributed by atoms with Crippen LogP contribution < -0.4 is 11.5 Å². The number of pyridine rings is 1. The van der Waals surface area contributed by atoms with E-state index in [1.807, 2.05) is 18.2 Å². The molecule has 80 valence electrons. The third-order valence-corrected chi connectivity index (χ3v) is 2.28. The Bertz CT molecular complexity index is 270. The minimum Gasteiger partial charge on any atom is -0.330 e. The zero-order valence-electron chi connectivity index (χ0n) is 7.82. The summed E-state index contributed by atoms with van der Waals surface area (Å²) in [5.41, 5.74) is 12.2. The molecule has 0 unspecified atom stereocenters. The van der Waals surface area contributed by atoms with E-state index < -0.39 is 0 Å². The molecule has 4 N–H and O–H groups in total. The molecule has 1 atom stereocenters. The van der Waals surface area contributed by atoms with Gasteiger partial charge in [-0.3, -0.25) is 0 Å². The van der Waals surface area contributed by atoms with Crippen molar-refractivity contribution >= 4 is 28.3 Å². The van der Waals surface area contributed by atoms with E-state index in [9.17, 15) is 0 Å². The van der Waals surface area contributed by atoms with E-state index in [4.69, 9.17) is 11.5 Å². The van der Waals surface area contributed by atoms with Gasteiger partial charge in [0.15, 0.2) is 0 Å². The van der Waals surface area contributed by atoms with E-state index in [2.05, 4.69) is 20.9 Å². The molecule has 14 heavy (non-hydrogen) atoms. The maximum atomic E-state index is 5.91. The van der Waals surface area contributed by atoms with Crippen molar-refractivity contribution in [1.29, 1.82) is 0 Å². The lowest BCUT2D eigenvalue weighted by Crippen LogP contribution is -2.13. The standard InChI is InChI=1S/C9H14BrN3.ClH/c10-9-5-1-4-8(13-9)7(12)3-2-6-11;/h1,4-5,7H,2-3,6,11-12H2;1H/t7-;/m1./s1. The van der Waals surface area contributed by atoms with Crippen molar-refractivity contribution in [2.24, 2.45) is 11.5 Å². The van der Waals surface area contributed by atoms with Crippen molar-refractivity contribution in [1.82, 2.24) is 4.98 Å². The van der Waals surface area contributed by atoms with Crippen molar-refractivity contribution < 1.29 is 0 Å². The average Bonchev–Trinajstić information content (AvgIpc) is 2.14. The fourth-order valence-corrected chi connectivity index (χ4v) is 1.47. The maximum absolute atomic E-state index is 5.91. The van der Waals surface area contributed by atoms with Crippen LogP contribution in [0.25, 0.3) is 0 Å². The highest BCUT2D eigenvalue weighted by atomic mass is 79.9. The Labute approximate surface area is 98.8 Å². The molecule has 5 heteroatoms. The van der Waals surface area contributed by atoms with Crippen LogP contribution in [-0.4, -0.2) is 11.5 Å². The first-order valence-electron chi connectivity index (χ1n) is 4.32. The predicted octanol–water partition coefficient (Wildman–Crippen LogP) is 2.00. The molecule has 0 amide bonds. The molecule has 0 aliphatic rings. The molecule has 0 aromatic carbocycles. The van der Waals surface area contributed by atoms with Gasteiger partial charge in [-0.1, -0.05) is 6.07 Å². The lowest BCUT2D eigenvalue weighted by atomic mass is 10.1. The number of aromatic nitrogens is 1. The molecule has 0 aliphatic heterocycles. The molecule has 0 saturated carbocycles. The van der Waals surface area contributed by atoms with E-state index in [1.165, 1.54) is 0 Å². The number of nitrogens with two attached hydrogens (primary N) is 2. The number of nitrogens with zero attached hydrogens (tertiary/aromatic N) is 1. The summed E-state index contributed by atoms with van der Waals surface area (Å²) in [6.45, 7) is 0.682. The molecular weight excluding hydrogens is 265 g/mol. The Hall–Kier alpha value is -0.160. The lowest BCUT2D eigenvalue weighted by molar-refractivity contribution is 0.603. The van der Waals surface area contributed by atoms with E-state index in [0.29, 0.717) is 6.54 Å². The Balaban J connectivity index is 0.00000169. The minimum absolute atomic E-state index is 0. The van der Waals surface area contributed by atoms with Crippen LogP contribution in [0.3, 0.4) is 0 Å². The van der Waals surface area contributed by atoms with Gasteiger partial charge in [-0.05, 0) is 47.4 Å². The third kappa shape index (κ3) is 4.37. The van der Waals surface area contributed by atoms with Gasteiger partial charge in [-0.15, -0.1) is 12.4 Å². The van der Waals surface area contributed by atoms with E-state index in [-0.39, 0.29) is 18.4 Å². The first kappa shape index (κ1) is 13.8. The first-order valence-corrected chi connectivity index (χ1v) is 5.11. The van der Waals surface area contributed by atoms with Crippen LogP contribution in [0.2, 0.25) is 0 Å². The van der Waals surface area contributed by atoms with Crippen molar-refractivity contribution in [3.8, 4) is 0 Å². The van der Waals surface area contributed by atoms with Gasteiger partial charge >= 0.3 is 0 Å². The van der Waals surface area contributed by atoms with Gasteiger partial charge < -0.3 is 11.5 Å². The molecule has 1 heterocycles. The Morgan fingerprint density at radius 2 is 2.14 bits per heavy atom. The molecule has 0 bridgehead atoms. The highest BCUT2D eigenvalue weighted by molar-refractivity contribution is 9.10. The largest absolute Gasteiger partial charge is 0.330 e. The minimum atomic E-state index is 0. The molecule has 1 aromatic heterocycles. The van der Waals surface area contributed by atoms with E-state index >= 15 is 0 Å². The van der Waals surface area contributed by atoms with Crippen LogP contribution in [0.4, 0.5) is 0 Å². The zero-order valence-corrected chi connectivity index (χ0v) is 10.2. The highest BCUT2D eigenvalue weighted by Gasteiger charge is 2.06. The molecule has 0 radical (unpaired) electrons. The van der Waals surface area contributed by atoms with Gasteiger partial charge in [0.2, 0.25) is 0 Å². The number of hydrogen-bond acceptors (Lipinski definition) is 3. The fourth-order valence-electron chi connectivity index (χ4n) is 1.12. The topological polar surface area (TPSA) is 64.9 Å². The first-order chi connectivity index (χ1) is 6.24. The Morgan fingerprint density at radius 1 is 1.43 bits per heavy atom. The van der Waals surface area contributed by atoms with Crippen molar-refractivity contribution in [3.05, 3.63) is 28.5 Å². The summed E-state index contributed by atoms with van der Waals surface area (Å²) in [5, 5.41) is 0. The normalized spacial score (nSPS) is 11.9. The molecular formula is C9H15BrClN3. The van der Waals surface area contributed by atoms with Gasteiger partial charge in [0.1, 0.15) is 4.60 Å². The molecule has 3 nitrogen and oxygen atoms in total. The molecule has 1 rings (SSSR count). The SMILES string of the molecule is Cl.NCCC[C@@H](N)c1cccc(Br)n1. The van der Waals surface area contributed by atoms with Crippen molar-refractivity contribution in [2.45, 2.75) is 18.9 Å². The van der Waals surface area contributed by atoms with Gasteiger partial charge in [-0.2, -0.15) is 0 Å². The quantitative estimate of drug-likeness (QED) is 0.829. The molecule has 0 aliphatic carbocycles. The summed E-state index contributed by atoms with van der Waals surface area (Å²) in [6.07, 6.45) is 1.83. The second kappa shape index (κ2) is 7.17. The van der Waals surface area contributed by atoms with Gasteiger partial charge in [0.25, 0.3) is 0 Å². The number of halogens is 2. The van der Waals surface area contributed by atoms with Gasteiger partial charge in [0.05, 0.1) is 5.69 Å². The van der Waals surface area contributed by atoms with Crippen molar-refractivity contribution in [3.63, 3.8) is 0 Å². The van der Waals surface area contributed by atoms with Crippen LogP contribution in [0.15, 0.2) is 22.8 Å². The molecule has 1 aromatic rings. The summed E-state index contributed by atoms with van der Waals surface area (Å²) >= 11 is 3.31. The Morgan fingerprint density at radius 3 is 2.71 bits per heavy atom. The average molecular weight is 281 g/mol. The van der Waals surface area contributed by atoms with Crippen molar-refractivity contribution in [2.75, 3.05) is 6.54 Å². The second-order valence-corrected chi connectivity index (χ2v) is 3.74. The molecule has 0 fully saturated rings.